The fourth-order valence-corrected chi connectivity index (χ4v) is 3.78. The minimum absolute atomic E-state index is 0.0188. The Morgan fingerprint density at radius 3 is 1.85 bits per heavy atom. The lowest BCUT2D eigenvalue weighted by atomic mass is 9.95. The molecule has 0 fully saturated rings. The summed E-state index contributed by atoms with van der Waals surface area (Å²) >= 11 is 3.45. The maximum Gasteiger partial charge on any atom is 0.305 e. The van der Waals surface area contributed by atoms with E-state index in [1.165, 1.54) is 89.9 Å². The summed E-state index contributed by atoms with van der Waals surface area (Å²) in [5.74, 6) is 0.598. The van der Waals surface area contributed by atoms with Gasteiger partial charge in [-0.1, -0.05) is 107 Å². The first-order valence-corrected chi connectivity index (χ1v) is 12.6. The average Bonchev–Trinajstić information content (AvgIpc) is 2.65. The van der Waals surface area contributed by atoms with Crippen LogP contribution in [0, 0.1) is 5.92 Å². The van der Waals surface area contributed by atoms with Crippen molar-refractivity contribution < 1.29 is 9.53 Å². The van der Waals surface area contributed by atoms with Gasteiger partial charge in [-0.05, 0) is 31.6 Å². The van der Waals surface area contributed by atoms with E-state index >= 15 is 0 Å². The molecule has 3 heteroatoms. The predicted octanol–water partition coefficient (Wildman–Crippen LogP) is 8.21. The minimum Gasteiger partial charge on any atom is -0.465 e. The Kier molecular flexibility index (Phi) is 21.2. The number of halogens is 1. The van der Waals surface area contributed by atoms with Crippen molar-refractivity contribution in [1.82, 2.24) is 0 Å². The van der Waals surface area contributed by atoms with Crippen LogP contribution in [0.2, 0.25) is 0 Å². The Morgan fingerprint density at radius 2 is 1.23 bits per heavy atom. The van der Waals surface area contributed by atoms with Gasteiger partial charge >= 0.3 is 5.97 Å². The Morgan fingerprint density at radius 1 is 0.731 bits per heavy atom. The van der Waals surface area contributed by atoms with Gasteiger partial charge < -0.3 is 4.74 Å². The molecule has 0 rings (SSSR count). The SMILES string of the molecule is CCCCCCCCC(CCCCCC)COC(=O)CCCCCCBr. The van der Waals surface area contributed by atoms with Crippen LogP contribution in [-0.2, 0) is 9.53 Å². The van der Waals surface area contributed by atoms with Crippen LogP contribution in [0.15, 0.2) is 0 Å². The largest absolute Gasteiger partial charge is 0.465 e. The fraction of sp³-hybridized carbons (Fsp3) is 0.957. The van der Waals surface area contributed by atoms with Crippen LogP contribution < -0.4 is 0 Å². The number of hydrogen-bond acceptors (Lipinski definition) is 2. The van der Waals surface area contributed by atoms with E-state index in [1.54, 1.807) is 0 Å². The minimum atomic E-state index is 0.0188. The van der Waals surface area contributed by atoms with E-state index in [1.807, 2.05) is 0 Å². The van der Waals surface area contributed by atoms with Crippen molar-refractivity contribution in [2.24, 2.45) is 5.92 Å². The van der Waals surface area contributed by atoms with Gasteiger partial charge in [0.15, 0.2) is 0 Å². The number of hydrogen-bond donors (Lipinski definition) is 0. The van der Waals surface area contributed by atoms with Gasteiger partial charge in [0, 0.05) is 11.8 Å². The second kappa shape index (κ2) is 21.3. The zero-order valence-electron chi connectivity index (χ0n) is 17.7. The Balaban J connectivity index is 3.91. The third-order valence-electron chi connectivity index (χ3n) is 5.18. The van der Waals surface area contributed by atoms with Gasteiger partial charge in [0.05, 0.1) is 6.61 Å². The van der Waals surface area contributed by atoms with Gasteiger partial charge in [-0.3, -0.25) is 4.79 Å². The van der Waals surface area contributed by atoms with Crippen molar-refractivity contribution >= 4 is 21.9 Å². The van der Waals surface area contributed by atoms with Crippen LogP contribution in [0.1, 0.15) is 123 Å². The third kappa shape index (κ3) is 18.7. The van der Waals surface area contributed by atoms with Crippen LogP contribution in [0.25, 0.3) is 0 Å². The highest BCUT2D eigenvalue weighted by atomic mass is 79.9. The summed E-state index contributed by atoms with van der Waals surface area (Å²) in [6.07, 6.45) is 20.9. The molecular weight excluding hydrogens is 388 g/mol. The first-order valence-electron chi connectivity index (χ1n) is 11.5. The third-order valence-corrected chi connectivity index (χ3v) is 5.74. The van der Waals surface area contributed by atoms with E-state index in [-0.39, 0.29) is 5.97 Å². The Bertz CT molecular complexity index is 294. The molecule has 0 spiro atoms. The molecule has 0 bridgehead atoms. The number of alkyl halides is 1. The molecule has 1 unspecified atom stereocenters. The highest BCUT2D eigenvalue weighted by Crippen LogP contribution is 2.20. The molecule has 156 valence electrons. The summed E-state index contributed by atoms with van der Waals surface area (Å²) in [5, 5.41) is 1.07. The lowest BCUT2D eigenvalue weighted by Crippen LogP contribution is -2.14. The summed E-state index contributed by atoms with van der Waals surface area (Å²) in [4.78, 5) is 12.0. The van der Waals surface area contributed by atoms with Crippen molar-refractivity contribution in [3.8, 4) is 0 Å². The van der Waals surface area contributed by atoms with Gasteiger partial charge in [0.25, 0.3) is 0 Å². The molecule has 1 atom stereocenters. The summed E-state index contributed by atoms with van der Waals surface area (Å²) < 4.78 is 5.62. The van der Waals surface area contributed by atoms with Crippen molar-refractivity contribution in [3.05, 3.63) is 0 Å². The number of carbonyl (C=O) groups excluding carboxylic acids is 1. The Labute approximate surface area is 172 Å². The van der Waals surface area contributed by atoms with Crippen molar-refractivity contribution in [2.45, 2.75) is 123 Å². The van der Waals surface area contributed by atoms with Gasteiger partial charge in [-0.25, -0.2) is 0 Å². The molecule has 0 aliphatic carbocycles. The van der Waals surface area contributed by atoms with Crippen molar-refractivity contribution in [1.29, 1.82) is 0 Å². The summed E-state index contributed by atoms with van der Waals surface area (Å²) in [5.41, 5.74) is 0. The first-order chi connectivity index (χ1) is 12.7. The lowest BCUT2D eigenvalue weighted by molar-refractivity contribution is -0.145. The number of esters is 1. The van der Waals surface area contributed by atoms with Gasteiger partial charge in [0.2, 0.25) is 0 Å². The summed E-state index contributed by atoms with van der Waals surface area (Å²) in [6, 6.07) is 0. The summed E-state index contributed by atoms with van der Waals surface area (Å²) in [7, 11) is 0. The molecule has 0 aromatic carbocycles. The van der Waals surface area contributed by atoms with Gasteiger partial charge in [-0.15, -0.1) is 0 Å². The van der Waals surface area contributed by atoms with E-state index in [0.29, 0.717) is 18.9 Å². The summed E-state index contributed by atoms with van der Waals surface area (Å²) in [6.45, 7) is 5.18. The molecule has 0 saturated carbocycles. The molecule has 0 aliphatic heterocycles. The molecule has 26 heavy (non-hydrogen) atoms. The van der Waals surface area contributed by atoms with E-state index < -0.39 is 0 Å². The average molecular weight is 434 g/mol. The standard InChI is InChI=1S/C23H45BrO2/c1-3-5-7-9-10-14-18-22(17-13-8-6-4-2)21-26-23(25)19-15-11-12-16-20-24/h22H,3-21H2,1-2H3. The molecule has 2 nitrogen and oxygen atoms in total. The fourth-order valence-electron chi connectivity index (χ4n) is 3.38. The molecule has 0 heterocycles. The normalized spacial score (nSPS) is 12.3. The quantitative estimate of drug-likeness (QED) is 0.110. The number of carbonyl (C=O) groups is 1. The topological polar surface area (TPSA) is 26.3 Å². The molecular formula is C23H45BrO2. The van der Waals surface area contributed by atoms with Crippen LogP contribution in [-0.4, -0.2) is 17.9 Å². The number of unbranched alkanes of at least 4 members (excludes halogenated alkanes) is 11. The molecule has 0 amide bonds. The maximum atomic E-state index is 12.0. The molecule has 0 aromatic rings. The monoisotopic (exact) mass is 432 g/mol. The molecule has 0 aromatic heterocycles. The van der Waals surface area contributed by atoms with Gasteiger partial charge in [0.1, 0.15) is 0 Å². The van der Waals surface area contributed by atoms with Crippen molar-refractivity contribution in [3.63, 3.8) is 0 Å². The second-order valence-electron chi connectivity index (χ2n) is 7.81. The van der Waals surface area contributed by atoms with E-state index in [2.05, 4.69) is 29.8 Å². The van der Waals surface area contributed by atoms with E-state index in [4.69, 9.17) is 4.74 Å². The van der Waals surface area contributed by atoms with Crippen LogP contribution in [0.4, 0.5) is 0 Å². The van der Waals surface area contributed by atoms with Gasteiger partial charge in [-0.2, -0.15) is 0 Å². The van der Waals surface area contributed by atoms with Crippen LogP contribution in [0.5, 0.6) is 0 Å². The zero-order chi connectivity index (χ0) is 19.3. The molecule has 0 saturated heterocycles. The smallest absolute Gasteiger partial charge is 0.305 e. The second-order valence-corrected chi connectivity index (χ2v) is 8.60. The number of ether oxygens (including phenoxy) is 1. The highest BCUT2D eigenvalue weighted by Gasteiger charge is 2.12. The number of rotatable bonds is 20. The lowest BCUT2D eigenvalue weighted by Gasteiger charge is -2.17. The first kappa shape index (κ1) is 26.0. The van der Waals surface area contributed by atoms with E-state index in [9.17, 15) is 4.79 Å². The maximum absolute atomic E-state index is 12.0. The zero-order valence-corrected chi connectivity index (χ0v) is 19.3. The van der Waals surface area contributed by atoms with Crippen LogP contribution >= 0.6 is 15.9 Å². The Hall–Kier alpha value is -0.0500. The predicted molar refractivity (Wildman–Crippen MR) is 118 cm³/mol. The molecule has 0 radical (unpaired) electrons. The highest BCUT2D eigenvalue weighted by molar-refractivity contribution is 9.09. The molecule has 0 N–H and O–H groups in total. The molecule has 0 aliphatic rings. The van der Waals surface area contributed by atoms with E-state index in [0.717, 1.165) is 18.2 Å². The van der Waals surface area contributed by atoms with Crippen molar-refractivity contribution in [2.75, 3.05) is 11.9 Å². The van der Waals surface area contributed by atoms with Crippen LogP contribution in [0.3, 0.4) is 0 Å².